The molecule has 70 valence electrons. The van der Waals surface area contributed by atoms with Crippen molar-refractivity contribution in [3.05, 3.63) is 29.8 Å². The summed E-state index contributed by atoms with van der Waals surface area (Å²) in [6.07, 6.45) is 0.558. The Balaban J connectivity index is 2.97. The van der Waals surface area contributed by atoms with Gasteiger partial charge in [-0.1, -0.05) is 19.1 Å². The molecule has 0 saturated carbocycles. The van der Waals surface area contributed by atoms with Crippen molar-refractivity contribution in [1.29, 1.82) is 0 Å². The second kappa shape index (κ2) is 4.65. The highest BCUT2D eigenvalue weighted by molar-refractivity contribution is 6.00. The molecule has 0 unspecified atom stereocenters. The Morgan fingerprint density at radius 1 is 1.31 bits per heavy atom. The normalized spacial score (nSPS) is 9.69. The number of Topliss-reactive ketones (excluding diaryl/α,β-unsaturated/α-hetero) is 1. The van der Waals surface area contributed by atoms with Crippen LogP contribution in [0.4, 0.5) is 5.69 Å². The minimum Gasteiger partial charge on any atom is -0.385 e. The molecule has 0 aliphatic heterocycles. The molecule has 2 heteroatoms. The van der Waals surface area contributed by atoms with Crippen LogP contribution < -0.4 is 5.32 Å². The molecule has 0 fully saturated rings. The van der Waals surface area contributed by atoms with Crippen LogP contribution in [0.5, 0.6) is 0 Å². The molecule has 0 heterocycles. The Morgan fingerprint density at radius 3 is 2.62 bits per heavy atom. The molecule has 1 aromatic carbocycles. The molecule has 0 saturated heterocycles. The molecule has 0 spiro atoms. The van der Waals surface area contributed by atoms with Crippen molar-refractivity contribution in [3.63, 3.8) is 0 Å². The Hall–Kier alpha value is -1.31. The third-order valence-electron chi connectivity index (χ3n) is 1.92. The van der Waals surface area contributed by atoms with Gasteiger partial charge in [0.25, 0.3) is 0 Å². The van der Waals surface area contributed by atoms with Crippen LogP contribution in [0.25, 0.3) is 0 Å². The predicted molar refractivity (Wildman–Crippen MR) is 55.2 cm³/mol. The zero-order valence-corrected chi connectivity index (χ0v) is 8.13. The molecule has 0 amide bonds. The lowest BCUT2D eigenvalue weighted by Crippen LogP contribution is -2.05. The van der Waals surface area contributed by atoms with E-state index in [0.29, 0.717) is 6.42 Å². The zero-order valence-electron chi connectivity index (χ0n) is 8.13. The first-order valence-corrected chi connectivity index (χ1v) is 4.65. The maximum atomic E-state index is 11.5. The lowest BCUT2D eigenvalue weighted by Gasteiger charge is -2.07. The van der Waals surface area contributed by atoms with Gasteiger partial charge in [-0.25, -0.2) is 0 Å². The second-order valence-corrected chi connectivity index (χ2v) is 2.85. The summed E-state index contributed by atoms with van der Waals surface area (Å²) in [5.41, 5.74) is 1.74. The Morgan fingerprint density at radius 2 is 2.00 bits per heavy atom. The van der Waals surface area contributed by atoms with Crippen LogP contribution in [-0.4, -0.2) is 12.3 Å². The van der Waals surface area contributed by atoms with Gasteiger partial charge in [-0.2, -0.15) is 0 Å². The molecule has 1 N–H and O–H groups in total. The number of nitrogens with one attached hydrogen (secondary N) is 1. The monoisotopic (exact) mass is 177 g/mol. The van der Waals surface area contributed by atoms with Gasteiger partial charge < -0.3 is 5.32 Å². The van der Waals surface area contributed by atoms with Gasteiger partial charge in [-0.15, -0.1) is 0 Å². The minimum absolute atomic E-state index is 0.191. The van der Waals surface area contributed by atoms with Crippen LogP contribution in [0.3, 0.4) is 0 Å². The summed E-state index contributed by atoms with van der Waals surface area (Å²) in [7, 11) is 0. The molecule has 1 aromatic rings. The van der Waals surface area contributed by atoms with Crippen LogP contribution in [-0.2, 0) is 0 Å². The summed E-state index contributed by atoms with van der Waals surface area (Å²) in [5, 5.41) is 3.17. The van der Waals surface area contributed by atoms with Crippen molar-refractivity contribution in [2.24, 2.45) is 0 Å². The van der Waals surface area contributed by atoms with Gasteiger partial charge in [0.05, 0.1) is 0 Å². The predicted octanol–water partition coefficient (Wildman–Crippen LogP) is 2.71. The highest BCUT2D eigenvalue weighted by Crippen LogP contribution is 2.16. The van der Waals surface area contributed by atoms with E-state index in [1.54, 1.807) is 0 Å². The number of rotatable bonds is 4. The summed E-state index contributed by atoms with van der Waals surface area (Å²) in [4.78, 5) is 11.5. The van der Waals surface area contributed by atoms with Crippen molar-refractivity contribution in [3.8, 4) is 0 Å². The lowest BCUT2D eigenvalue weighted by atomic mass is 10.1. The zero-order chi connectivity index (χ0) is 9.68. The number of carbonyl (C=O) groups is 1. The number of anilines is 1. The van der Waals surface area contributed by atoms with Crippen molar-refractivity contribution in [1.82, 2.24) is 0 Å². The molecule has 0 atom stereocenters. The summed E-state index contributed by atoms with van der Waals surface area (Å²) in [5.74, 6) is 0.191. The Labute approximate surface area is 79.0 Å². The highest BCUT2D eigenvalue weighted by Gasteiger charge is 2.06. The number of hydrogen-bond donors (Lipinski definition) is 1. The fourth-order valence-electron chi connectivity index (χ4n) is 1.26. The Kier molecular flexibility index (Phi) is 3.50. The van der Waals surface area contributed by atoms with E-state index in [2.05, 4.69) is 5.32 Å². The van der Waals surface area contributed by atoms with E-state index in [4.69, 9.17) is 0 Å². The average molecular weight is 177 g/mol. The molecular formula is C11H15NO. The standard InChI is InChI=1S/C11H15NO/c1-3-11(13)9-7-5-6-8-10(9)12-4-2/h5-8,12H,3-4H2,1-2H3. The quantitative estimate of drug-likeness (QED) is 0.716. The lowest BCUT2D eigenvalue weighted by molar-refractivity contribution is 0.0989. The minimum atomic E-state index is 0.191. The molecule has 2 nitrogen and oxygen atoms in total. The van der Waals surface area contributed by atoms with Crippen LogP contribution in [0.1, 0.15) is 30.6 Å². The molecule has 13 heavy (non-hydrogen) atoms. The van der Waals surface area contributed by atoms with Gasteiger partial charge >= 0.3 is 0 Å². The molecule has 0 aliphatic rings. The summed E-state index contributed by atoms with van der Waals surface area (Å²) < 4.78 is 0. The number of para-hydroxylation sites is 1. The van der Waals surface area contributed by atoms with Crippen molar-refractivity contribution in [2.75, 3.05) is 11.9 Å². The van der Waals surface area contributed by atoms with Crippen molar-refractivity contribution in [2.45, 2.75) is 20.3 Å². The molecule has 0 bridgehead atoms. The van der Waals surface area contributed by atoms with E-state index in [1.165, 1.54) is 0 Å². The number of benzene rings is 1. The van der Waals surface area contributed by atoms with Gasteiger partial charge in [-0.05, 0) is 19.1 Å². The number of carbonyl (C=O) groups excluding carboxylic acids is 1. The first-order chi connectivity index (χ1) is 6.29. The van der Waals surface area contributed by atoms with Crippen LogP contribution >= 0.6 is 0 Å². The van der Waals surface area contributed by atoms with E-state index in [-0.39, 0.29) is 5.78 Å². The average Bonchev–Trinajstić information content (AvgIpc) is 2.18. The largest absolute Gasteiger partial charge is 0.385 e. The topological polar surface area (TPSA) is 29.1 Å². The van der Waals surface area contributed by atoms with E-state index in [1.807, 2.05) is 38.1 Å². The van der Waals surface area contributed by atoms with Crippen molar-refractivity contribution >= 4 is 11.5 Å². The summed E-state index contributed by atoms with van der Waals surface area (Å²) >= 11 is 0. The van der Waals surface area contributed by atoms with E-state index in [0.717, 1.165) is 17.8 Å². The third-order valence-corrected chi connectivity index (χ3v) is 1.92. The fourth-order valence-corrected chi connectivity index (χ4v) is 1.26. The van der Waals surface area contributed by atoms with E-state index in [9.17, 15) is 4.79 Å². The van der Waals surface area contributed by atoms with Crippen molar-refractivity contribution < 1.29 is 4.79 Å². The first kappa shape index (κ1) is 9.78. The fraction of sp³-hybridized carbons (Fsp3) is 0.364. The number of ketones is 1. The van der Waals surface area contributed by atoms with Gasteiger partial charge in [0.2, 0.25) is 0 Å². The molecule has 0 radical (unpaired) electrons. The van der Waals surface area contributed by atoms with Gasteiger partial charge in [0, 0.05) is 24.2 Å². The molecular weight excluding hydrogens is 162 g/mol. The summed E-state index contributed by atoms with van der Waals surface area (Å²) in [6.45, 7) is 4.74. The maximum Gasteiger partial charge on any atom is 0.164 e. The van der Waals surface area contributed by atoms with Gasteiger partial charge in [0.1, 0.15) is 0 Å². The molecule has 0 aliphatic carbocycles. The van der Waals surface area contributed by atoms with Crippen LogP contribution in [0.2, 0.25) is 0 Å². The third kappa shape index (κ3) is 2.31. The summed E-state index contributed by atoms with van der Waals surface area (Å²) in [6, 6.07) is 7.63. The van der Waals surface area contributed by atoms with E-state index < -0.39 is 0 Å². The van der Waals surface area contributed by atoms with Crippen LogP contribution in [0, 0.1) is 0 Å². The Bertz CT molecular complexity index is 294. The highest BCUT2D eigenvalue weighted by atomic mass is 16.1. The SMILES string of the molecule is CCNc1ccccc1C(=O)CC. The number of hydrogen-bond acceptors (Lipinski definition) is 2. The maximum absolute atomic E-state index is 11.5. The first-order valence-electron chi connectivity index (χ1n) is 4.65. The molecule has 1 rings (SSSR count). The van der Waals surface area contributed by atoms with Gasteiger partial charge in [-0.3, -0.25) is 4.79 Å². The van der Waals surface area contributed by atoms with Crippen LogP contribution in [0.15, 0.2) is 24.3 Å². The smallest absolute Gasteiger partial charge is 0.164 e. The molecule has 0 aromatic heterocycles. The van der Waals surface area contributed by atoms with Gasteiger partial charge in [0.15, 0.2) is 5.78 Å². The van der Waals surface area contributed by atoms with E-state index >= 15 is 0 Å². The second-order valence-electron chi connectivity index (χ2n) is 2.85.